The smallest absolute Gasteiger partial charge is 0.254 e. The summed E-state index contributed by atoms with van der Waals surface area (Å²) in [6.07, 6.45) is 4.81. The molecule has 1 aliphatic carbocycles. The fourth-order valence-electron chi connectivity index (χ4n) is 3.54. The molecule has 1 aliphatic heterocycles. The van der Waals surface area contributed by atoms with Gasteiger partial charge in [-0.2, -0.15) is 0 Å². The number of carbonyl (C=O) groups is 1. The molecule has 108 valence electrons. The van der Waals surface area contributed by atoms with Gasteiger partial charge in [0.2, 0.25) is 0 Å². The van der Waals surface area contributed by atoms with E-state index >= 15 is 0 Å². The molecule has 1 amide bonds. The van der Waals surface area contributed by atoms with E-state index in [0.29, 0.717) is 29.3 Å². The van der Waals surface area contributed by atoms with E-state index in [4.69, 9.17) is 16.3 Å². The highest BCUT2D eigenvalue weighted by Gasteiger charge is 2.37. The number of amides is 1. The van der Waals surface area contributed by atoms with Gasteiger partial charge in [0.15, 0.2) is 0 Å². The largest absolute Gasteiger partial charge is 0.495 e. The van der Waals surface area contributed by atoms with E-state index in [1.54, 1.807) is 13.2 Å². The minimum atomic E-state index is 0.128. The molecule has 4 heteroatoms. The SMILES string of the molecule is COc1ccc2c(c1Cl)CN([C@H]1CCCC[C@@H]1C)C2=O. The number of halogens is 1. The van der Waals surface area contributed by atoms with E-state index in [2.05, 4.69) is 6.92 Å². The Hall–Kier alpha value is -1.22. The van der Waals surface area contributed by atoms with E-state index in [-0.39, 0.29) is 5.91 Å². The lowest BCUT2D eigenvalue weighted by atomic mass is 9.85. The maximum Gasteiger partial charge on any atom is 0.254 e. The summed E-state index contributed by atoms with van der Waals surface area (Å²) in [6.45, 7) is 2.88. The molecule has 20 heavy (non-hydrogen) atoms. The number of methoxy groups -OCH3 is 1. The van der Waals surface area contributed by atoms with Crippen molar-refractivity contribution in [1.82, 2.24) is 4.90 Å². The predicted molar refractivity (Wildman–Crippen MR) is 79.3 cm³/mol. The molecule has 0 unspecified atom stereocenters. The highest BCUT2D eigenvalue weighted by molar-refractivity contribution is 6.33. The fourth-order valence-corrected chi connectivity index (χ4v) is 3.84. The van der Waals surface area contributed by atoms with Crippen LogP contribution in [0.25, 0.3) is 0 Å². The number of nitrogens with zero attached hydrogens (tertiary/aromatic N) is 1. The average Bonchev–Trinajstić information content (AvgIpc) is 2.78. The minimum absolute atomic E-state index is 0.128. The number of rotatable bonds is 2. The summed E-state index contributed by atoms with van der Waals surface area (Å²) < 4.78 is 5.25. The second-order valence-electron chi connectivity index (χ2n) is 5.87. The molecule has 1 heterocycles. The van der Waals surface area contributed by atoms with Crippen LogP contribution in [0.2, 0.25) is 5.02 Å². The monoisotopic (exact) mass is 293 g/mol. The van der Waals surface area contributed by atoms with Gasteiger partial charge in [0, 0.05) is 23.7 Å². The van der Waals surface area contributed by atoms with Crippen molar-refractivity contribution >= 4 is 17.5 Å². The van der Waals surface area contributed by atoms with E-state index in [1.165, 1.54) is 19.3 Å². The third-order valence-electron chi connectivity index (χ3n) is 4.71. The van der Waals surface area contributed by atoms with E-state index in [1.807, 2.05) is 11.0 Å². The first-order chi connectivity index (χ1) is 9.63. The minimum Gasteiger partial charge on any atom is -0.495 e. The Bertz CT molecular complexity index is 544. The number of hydrogen-bond donors (Lipinski definition) is 0. The van der Waals surface area contributed by atoms with Gasteiger partial charge in [-0.05, 0) is 30.9 Å². The molecular weight excluding hydrogens is 274 g/mol. The number of ether oxygens (including phenoxy) is 1. The molecule has 1 saturated carbocycles. The highest BCUT2D eigenvalue weighted by Crippen LogP contribution is 2.39. The van der Waals surface area contributed by atoms with Crippen molar-refractivity contribution in [3.05, 3.63) is 28.3 Å². The Labute approximate surface area is 124 Å². The number of hydrogen-bond acceptors (Lipinski definition) is 2. The second kappa shape index (κ2) is 5.28. The molecule has 3 nitrogen and oxygen atoms in total. The first-order valence-corrected chi connectivity index (χ1v) is 7.67. The lowest BCUT2D eigenvalue weighted by Crippen LogP contribution is -2.41. The van der Waals surface area contributed by atoms with Gasteiger partial charge in [0.05, 0.1) is 12.1 Å². The summed E-state index contributed by atoms with van der Waals surface area (Å²) in [6, 6.07) is 3.98. The Morgan fingerprint density at radius 2 is 2.05 bits per heavy atom. The number of fused-ring (bicyclic) bond motifs is 1. The maximum atomic E-state index is 12.6. The van der Waals surface area contributed by atoms with Crippen LogP contribution in [-0.2, 0) is 6.54 Å². The van der Waals surface area contributed by atoms with Gasteiger partial charge in [-0.3, -0.25) is 4.79 Å². The van der Waals surface area contributed by atoms with Crippen molar-refractivity contribution < 1.29 is 9.53 Å². The van der Waals surface area contributed by atoms with E-state index in [9.17, 15) is 4.79 Å². The molecule has 1 aromatic rings. The summed E-state index contributed by atoms with van der Waals surface area (Å²) in [4.78, 5) is 14.6. The standard InChI is InChI=1S/C16H20ClNO2/c1-10-5-3-4-6-13(10)18-9-12-11(16(18)19)7-8-14(20-2)15(12)17/h7-8,10,13H,3-6,9H2,1-2H3/t10-,13-/m0/s1. The van der Waals surface area contributed by atoms with Crippen molar-refractivity contribution in [3.8, 4) is 5.75 Å². The van der Waals surface area contributed by atoms with Gasteiger partial charge in [-0.1, -0.05) is 31.4 Å². The molecule has 0 N–H and O–H groups in total. The molecule has 0 bridgehead atoms. The third kappa shape index (κ3) is 2.08. The summed E-state index contributed by atoms with van der Waals surface area (Å²) in [5.74, 6) is 1.35. The zero-order valence-corrected chi connectivity index (χ0v) is 12.7. The topological polar surface area (TPSA) is 29.5 Å². The first kappa shape index (κ1) is 13.7. The molecule has 2 aliphatic rings. The van der Waals surface area contributed by atoms with Crippen LogP contribution in [-0.4, -0.2) is 24.0 Å². The van der Waals surface area contributed by atoms with E-state index in [0.717, 1.165) is 17.5 Å². The second-order valence-corrected chi connectivity index (χ2v) is 6.25. The van der Waals surface area contributed by atoms with Gasteiger partial charge in [0.1, 0.15) is 5.75 Å². The van der Waals surface area contributed by atoms with Gasteiger partial charge in [0.25, 0.3) is 5.91 Å². The Balaban J connectivity index is 1.92. The summed E-state index contributed by atoms with van der Waals surface area (Å²) in [7, 11) is 1.60. The molecule has 2 atom stereocenters. The lowest BCUT2D eigenvalue weighted by Gasteiger charge is -2.36. The predicted octanol–water partition coefficient (Wildman–Crippen LogP) is 3.88. The molecule has 1 aromatic carbocycles. The van der Waals surface area contributed by atoms with Crippen molar-refractivity contribution in [3.63, 3.8) is 0 Å². The zero-order chi connectivity index (χ0) is 14.3. The third-order valence-corrected chi connectivity index (χ3v) is 5.13. The van der Waals surface area contributed by atoms with Crippen LogP contribution < -0.4 is 4.74 Å². The average molecular weight is 294 g/mol. The normalized spacial score (nSPS) is 25.8. The number of benzene rings is 1. The fraction of sp³-hybridized carbons (Fsp3) is 0.562. The summed E-state index contributed by atoms with van der Waals surface area (Å²) in [5.41, 5.74) is 1.67. The molecular formula is C16H20ClNO2. The summed E-state index contributed by atoms with van der Waals surface area (Å²) in [5, 5.41) is 0.587. The van der Waals surface area contributed by atoms with Gasteiger partial charge in [-0.15, -0.1) is 0 Å². The highest BCUT2D eigenvalue weighted by atomic mass is 35.5. The van der Waals surface area contributed by atoms with Crippen LogP contribution in [0.3, 0.4) is 0 Å². The van der Waals surface area contributed by atoms with Crippen LogP contribution in [0.4, 0.5) is 0 Å². The molecule has 0 spiro atoms. The van der Waals surface area contributed by atoms with Gasteiger partial charge >= 0.3 is 0 Å². The van der Waals surface area contributed by atoms with Gasteiger partial charge < -0.3 is 9.64 Å². The van der Waals surface area contributed by atoms with Crippen molar-refractivity contribution in [2.24, 2.45) is 5.92 Å². The van der Waals surface area contributed by atoms with Crippen LogP contribution in [0.15, 0.2) is 12.1 Å². The number of carbonyl (C=O) groups excluding carboxylic acids is 1. The van der Waals surface area contributed by atoms with Crippen LogP contribution in [0.5, 0.6) is 5.75 Å². The maximum absolute atomic E-state index is 12.6. The first-order valence-electron chi connectivity index (χ1n) is 7.29. The van der Waals surface area contributed by atoms with Crippen LogP contribution >= 0.6 is 11.6 Å². The molecule has 0 aromatic heterocycles. The molecule has 0 radical (unpaired) electrons. The van der Waals surface area contributed by atoms with Crippen molar-refractivity contribution in [2.75, 3.05) is 7.11 Å². The Morgan fingerprint density at radius 3 is 2.75 bits per heavy atom. The van der Waals surface area contributed by atoms with Crippen molar-refractivity contribution in [2.45, 2.75) is 45.2 Å². The van der Waals surface area contributed by atoms with Gasteiger partial charge in [-0.25, -0.2) is 0 Å². The molecule has 0 saturated heterocycles. The van der Waals surface area contributed by atoms with Crippen molar-refractivity contribution in [1.29, 1.82) is 0 Å². The quantitative estimate of drug-likeness (QED) is 0.828. The van der Waals surface area contributed by atoms with Crippen LogP contribution in [0.1, 0.15) is 48.5 Å². The van der Waals surface area contributed by atoms with E-state index < -0.39 is 0 Å². The lowest BCUT2D eigenvalue weighted by molar-refractivity contribution is 0.0579. The Morgan fingerprint density at radius 1 is 1.30 bits per heavy atom. The Kier molecular flexibility index (Phi) is 3.63. The molecule has 3 rings (SSSR count). The summed E-state index contributed by atoms with van der Waals surface area (Å²) >= 11 is 6.36. The van der Waals surface area contributed by atoms with Crippen LogP contribution in [0, 0.1) is 5.92 Å². The molecule has 1 fully saturated rings. The zero-order valence-electron chi connectivity index (χ0n) is 12.0.